The highest BCUT2D eigenvalue weighted by Gasteiger charge is 2.37. The first-order valence-corrected chi connectivity index (χ1v) is 8.74. The number of rotatable bonds is 9. The number of hydrogen-bond acceptors (Lipinski definition) is 6. The second kappa shape index (κ2) is 9.73. The summed E-state index contributed by atoms with van der Waals surface area (Å²) in [6, 6.07) is 13.8. The minimum atomic E-state index is -1.05. The molecule has 0 saturated carbocycles. The van der Waals surface area contributed by atoms with E-state index in [1.165, 1.54) is 0 Å². The fourth-order valence-electron chi connectivity index (χ4n) is 2.96. The number of carbonyl (C=O) groups is 2. The average Bonchev–Trinajstić information content (AvgIpc) is 2.71. The van der Waals surface area contributed by atoms with Crippen LogP contribution in [0.15, 0.2) is 48.5 Å². The molecule has 2 aromatic rings. The zero-order chi connectivity index (χ0) is 19.8. The Bertz CT molecular complexity index is 772. The van der Waals surface area contributed by atoms with Crippen molar-refractivity contribution in [3.05, 3.63) is 59.7 Å². The summed E-state index contributed by atoms with van der Waals surface area (Å²) in [6.45, 7) is 2.00. The quantitative estimate of drug-likeness (QED) is 0.414. The Hall–Kier alpha value is -2.86. The predicted octanol–water partition coefficient (Wildman–Crippen LogP) is 2.81. The van der Waals surface area contributed by atoms with Crippen LogP contribution in [0.4, 0.5) is 0 Å². The molecule has 2 N–H and O–H groups in total. The lowest BCUT2D eigenvalue weighted by molar-refractivity contribution is -0.146. The number of esters is 1. The van der Waals surface area contributed by atoms with Gasteiger partial charge in [0.15, 0.2) is 5.78 Å². The number of hydrogen-bond donors (Lipinski definition) is 1. The molecule has 2 aromatic carbocycles. The van der Waals surface area contributed by atoms with Gasteiger partial charge in [0.1, 0.15) is 17.4 Å². The molecule has 6 heteroatoms. The maximum Gasteiger partial charge on any atom is 0.317 e. The lowest BCUT2D eigenvalue weighted by atomic mass is 9.81. The van der Waals surface area contributed by atoms with Crippen LogP contribution in [0, 0.1) is 5.92 Å². The first kappa shape index (κ1) is 20.5. The van der Waals surface area contributed by atoms with Gasteiger partial charge in [0, 0.05) is 18.0 Å². The van der Waals surface area contributed by atoms with Crippen molar-refractivity contribution >= 4 is 11.8 Å². The molecule has 2 rings (SSSR count). The van der Waals surface area contributed by atoms with E-state index in [9.17, 15) is 9.59 Å². The Morgan fingerprint density at radius 1 is 1.00 bits per heavy atom. The predicted molar refractivity (Wildman–Crippen MR) is 102 cm³/mol. The number of nitrogens with two attached hydrogens (primary N) is 1. The molecule has 0 aliphatic carbocycles. The molecule has 27 heavy (non-hydrogen) atoms. The van der Waals surface area contributed by atoms with Crippen molar-refractivity contribution < 1.29 is 23.8 Å². The Kier molecular flexibility index (Phi) is 7.37. The molecule has 2 atom stereocenters. The van der Waals surface area contributed by atoms with Crippen LogP contribution in [0.3, 0.4) is 0 Å². The maximum absolute atomic E-state index is 13.2. The van der Waals surface area contributed by atoms with Crippen molar-refractivity contribution in [3.63, 3.8) is 0 Å². The summed E-state index contributed by atoms with van der Waals surface area (Å²) >= 11 is 0. The largest absolute Gasteiger partial charge is 0.497 e. The third-order valence-corrected chi connectivity index (χ3v) is 4.38. The van der Waals surface area contributed by atoms with Crippen molar-refractivity contribution in [3.8, 4) is 11.5 Å². The highest BCUT2D eigenvalue weighted by Crippen LogP contribution is 2.30. The lowest BCUT2D eigenvalue weighted by Crippen LogP contribution is -2.35. The molecule has 0 aliphatic rings. The van der Waals surface area contributed by atoms with Gasteiger partial charge in [-0.25, -0.2) is 0 Å². The standard InChI is InChI=1S/C21H25NO5/c1-4-27-21(24)19(20(23)14-8-10-16(25-2)11-9-14)18(13-22)15-6-5-7-17(12-15)26-3/h5-12,18-19H,4,13,22H2,1-3H3. The van der Waals surface area contributed by atoms with Crippen molar-refractivity contribution in [2.45, 2.75) is 12.8 Å². The monoisotopic (exact) mass is 371 g/mol. The second-order valence-corrected chi connectivity index (χ2v) is 5.94. The first-order valence-electron chi connectivity index (χ1n) is 8.74. The van der Waals surface area contributed by atoms with Crippen LogP contribution in [0.5, 0.6) is 11.5 Å². The van der Waals surface area contributed by atoms with Crippen molar-refractivity contribution in [2.75, 3.05) is 27.4 Å². The van der Waals surface area contributed by atoms with Crippen LogP contribution >= 0.6 is 0 Å². The number of benzene rings is 2. The van der Waals surface area contributed by atoms with Crippen LogP contribution in [-0.4, -0.2) is 39.1 Å². The summed E-state index contributed by atoms with van der Waals surface area (Å²) in [6.07, 6.45) is 0. The summed E-state index contributed by atoms with van der Waals surface area (Å²) in [5.74, 6) is -1.25. The number of Topliss-reactive ketones (excluding diaryl/α,β-unsaturated/α-hetero) is 1. The van der Waals surface area contributed by atoms with Crippen molar-refractivity contribution in [1.29, 1.82) is 0 Å². The van der Waals surface area contributed by atoms with E-state index < -0.39 is 17.8 Å². The normalized spacial score (nSPS) is 12.7. The fourth-order valence-corrected chi connectivity index (χ4v) is 2.96. The number of carbonyl (C=O) groups excluding carboxylic acids is 2. The van der Waals surface area contributed by atoms with Crippen LogP contribution < -0.4 is 15.2 Å². The van der Waals surface area contributed by atoms with Gasteiger partial charge in [-0.1, -0.05) is 12.1 Å². The molecule has 0 spiro atoms. The van der Waals surface area contributed by atoms with Gasteiger partial charge >= 0.3 is 5.97 Å². The molecule has 144 valence electrons. The van der Waals surface area contributed by atoms with E-state index >= 15 is 0 Å². The van der Waals surface area contributed by atoms with E-state index in [0.29, 0.717) is 17.1 Å². The highest BCUT2D eigenvalue weighted by atomic mass is 16.5. The average molecular weight is 371 g/mol. The third kappa shape index (κ3) is 4.86. The first-order chi connectivity index (χ1) is 13.0. The van der Waals surface area contributed by atoms with E-state index in [-0.39, 0.29) is 18.9 Å². The van der Waals surface area contributed by atoms with Crippen LogP contribution in [0.2, 0.25) is 0 Å². The molecule has 0 fully saturated rings. The maximum atomic E-state index is 13.2. The number of ether oxygens (including phenoxy) is 3. The minimum Gasteiger partial charge on any atom is -0.497 e. The molecule has 0 aromatic heterocycles. The van der Waals surface area contributed by atoms with E-state index in [2.05, 4.69) is 0 Å². The molecule has 0 radical (unpaired) electrons. The molecular weight excluding hydrogens is 346 g/mol. The van der Waals surface area contributed by atoms with Gasteiger partial charge in [-0.15, -0.1) is 0 Å². The summed E-state index contributed by atoms with van der Waals surface area (Å²) in [7, 11) is 3.10. The summed E-state index contributed by atoms with van der Waals surface area (Å²) in [4.78, 5) is 25.8. The van der Waals surface area contributed by atoms with Gasteiger partial charge in [0.2, 0.25) is 0 Å². The summed E-state index contributed by atoms with van der Waals surface area (Å²) in [5, 5.41) is 0. The Labute approximate surface area is 159 Å². The van der Waals surface area contributed by atoms with Crippen molar-refractivity contribution in [1.82, 2.24) is 0 Å². The van der Waals surface area contributed by atoms with Crippen molar-refractivity contribution in [2.24, 2.45) is 11.7 Å². The molecular formula is C21H25NO5. The van der Waals surface area contributed by atoms with Gasteiger partial charge in [-0.3, -0.25) is 9.59 Å². The Morgan fingerprint density at radius 3 is 2.22 bits per heavy atom. The van der Waals surface area contributed by atoms with Crippen LogP contribution in [0.25, 0.3) is 0 Å². The minimum absolute atomic E-state index is 0.110. The van der Waals surface area contributed by atoms with Gasteiger partial charge in [0.05, 0.1) is 20.8 Å². The second-order valence-electron chi connectivity index (χ2n) is 5.94. The highest BCUT2D eigenvalue weighted by molar-refractivity contribution is 6.09. The molecule has 0 saturated heterocycles. The van der Waals surface area contributed by atoms with Gasteiger partial charge in [-0.2, -0.15) is 0 Å². The van der Waals surface area contributed by atoms with Crippen LogP contribution in [0.1, 0.15) is 28.8 Å². The molecule has 0 bridgehead atoms. The molecule has 6 nitrogen and oxygen atoms in total. The number of methoxy groups -OCH3 is 2. The molecule has 2 unspecified atom stereocenters. The molecule has 0 aliphatic heterocycles. The number of ketones is 1. The van der Waals surface area contributed by atoms with Gasteiger partial charge in [-0.05, 0) is 48.9 Å². The lowest BCUT2D eigenvalue weighted by Gasteiger charge is -2.24. The third-order valence-electron chi connectivity index (χ3n) is 4.38. The van der Waals surface area contributed by atoms with Crippen LogP contribution in [-0.2, 0) is 9.53 Å². The van der Waals surface area contributed by atoms with E-state index in [1.807, 2.05) is 6.07 Å². The molecule has 0 amide bonds. The van der Waals surface area contributed by atoms with E-state index in [0.717, 1.165) is 5.56 Å². The van der Waals surface area contributed by atoms with E-state index in [1.54, 1.807) is 63.6 Å². The summed E-state index contributed by atoms with van der Waals surface area (Å²) < 4.78 is 15.6. The topological polar surface area (TPSA) is 87.9 Å². The zero-order valence-electron chi connectivity index (χ0n) is 15.8. The summed E-state index contributed by atoms with van der Waals surface area (Å²) in [5.41, 5.74) is 7.12. The zero-order valence-corrected chi connectivity index (χ0v) is 15.8. The smallest absolute Gasteiger partial charge is 0.317 e. The van der Waals surface area contributed by atoms with Gasteiger partial charge < -0.3 is 19.9 Å². The SMILES string of the molecule is CCOC(=O)C(C(=O)c1ccc(OC)cc1)C(CN)c1cccc(OC)c1. The van der Waals surface area contributed by atoms with E-state index in [4.69, 9.17) is 19.9 Å². The Balaban J connectivity index is 2.44. The molecule has 0 heterocycles. The Morgan fingerprint density at radius 2 is 1.67 bits per heavy atom. The van der Waals surface area contributed by atoms with Gasteiger partial charge in [0.25, 0.3) is 0 Å². The fraction of sp³-hybridized carbons (Fsp3) is 0.333.